The number of aryl methyl sites for hydroxylation is 1. The third-order valence-corrected chi connectivity index (χ3v) is 8.51. The van der Waals surface area contributed by atoms with E-state index in [2.05, 4.69) is 61.5 Å². The molecule has 0 spiro atoms. The minimum absolute atomic E-state index is 0.153. The lowest BCUT2D eigenvalue weighted by Crippen LogP contribution is -2.27. The average Bonchev–Trinajstić information content (AvgIpc) is 3.42. The van der Waals surface area contributed by atoms with E-state index in [0.717, 1.165) is 50.5 Å². The number of fused-ring (bicyclic) bond motifs is 1. The molecule has 0 aromatic heterocycles. The molecule has 0 amide bonds. The van der Waals surface area contributed by atoms with Crippen molar-refractivity contribution in [2.24, 2.45) is 17.8 Å². The van der Waals surface area contributed by atoms with Crippen LogP contribution in [0.4, 0.5) is 0 Å². The van der Waals surface area contributed by atoms with Crippen LogP contribution < -0.4 is 0 Å². The molecule has 0 N–H and O–H groups in total. The summed E-state index contributed by atoms with van der Waals surface area (Å²) < 4.78 is 0. The Morgan fingerprint density at radius 2 is 1.84 bits per heavy atom. The van der Waals surface area contributed by atoms with Crippen molar-refractivity contribution in [2.45, 2.75) is 78.6 Å². The van der Waals surface area contributed by atoms with E-state index in [1.807, 2.05) is 32.1 Å². The molecule has 0 aliphatic heterocycles. The first-order chi connectivity index (χ1) is 18.0. The Hall–Kier alpha value is -3.00. The van der Waals surface area contributed by atoms with Crippen molar-refractivity contribution in [2.75, 3.05) is 0 Å². The highest BCUT2D eigenvalue weighted by Gasteiger charge is 2.31. The SMILES string of the molecule is CC=CC=C(C)C(=O)C1CCC(C(CC)CC(=O)CCc2cccc(-c3cccc4c3CC=C4)c2)CC1. The summed E-state index contributed by atoms with van der Waals surface area (Å²) in [4.78, 5) is 25.8. The number of carbonyl (C=O) groups excluding carboxylic acids is 2. The molecule has 2 aliphatic rings. The van der Waals surface area contributed by atoms with E-state index in [4.69, 9.17) is 0 Å². The molecule has 4 rings (SSSR count). The molecule has 2 nitrogen and oxygen atoms in total. The summed E-state index contributed by atoms with van der Waals surface area (Å²) in [6.07, 6.45) is 18.4. The van der Waals surface area contributed by atoms with Crippen LogP contribution in [0.5, 0.6) is 0 Å². The molecule has 0 bridgehead atoms. The predicted molar refractivity (Wildman–Crippen MR) is 155 cm³/mol. The van der Waals surface area contributed by atoms with Crippen molar-refractivity contribution in [1.29, 1.82) is 0 Å². The quantitative estimate of drug-likeness (QED) is 0.231. The fraction of sp³-hybridized carbons (Fsp3) is 0.429. The summed E-state index contributed by atoms with van der Waals surface area (Å²) >= 11 is 0. The van der Waals surface area contributed by atoms with E-state index in [1.165, 1.54) is 27.8 Å². The average molecular weight is 495 g/mol. The van der Waals surface area contributed by atoms with Crippen LogP contribution in [-0.2, 0) is 22.4 Å². The number of rotatable bonds is 11. The molecule has 2 heteroatoms. The van der Waals surface area contributed by atoms with Gasteiger partial charge in [-0.1, -0.05) is 86.2 Å². The van der Waals surface area contributed by atoms with Crippen LogP contribution in [0.1, 0.15) is 82.4 Å². The highest BCUT2D eigenvalue weighted by molar-refractivity contribution is 5.96. The van der Waals surface area contributed by atoms with Crippen molar-refractivity contribution in [1.82, 2.24) is 0 Å². The summed E-state index contributed by atoms with van der Waals surface area (Å²) in [7, 11) is 0. The summed E-state index contributed by atoms with van der Waals surface area (Å²) in [5.74, 6) is 1.84. The highest BCUT2D eigenvalue weighted by Crippen LogP contribution is 2.38. The van der Waals surface area contributed by atoms with E-state index >= 15 is 0 Å². The van der Waals surface area contributed by atoms with E-state index in [0.29, 0.717) is 36.2 Å². The van der Waals surface area contributed by atoms with Crippen molar-refractivity contribution < 1.29 is 9.59 Å². The molecular formula is C35H42O2. The molecule has 0 radical (unpaired) electrons. The van der Waals surface area contributed by atoms with Crippen molar-refractivity contribution in [3.63, 3.8) is 0 Å². The Bertz CT molecular complexity index is 1190. The largest absolute Gasteiger partial charge is 0.300 e. The van der Waals surface area contributed by atoms with Crippen LogP contribution in [-0.4, -0.2) is 11.6 Å². The molecule has 2 aliphatic carbocycles. The fourth-order valence-corrected chi connectivity index (χ4v) is 6.28. The van der Waals surface area contributed by atoms with Crippen molar-refractivity contribution in [3.05, 3.63) is 89.0 Å². The van der Waals surface area contributed by atoms with Crippen LogP contribution in [0.2, 0.25) is 0 Å². The van der Waals surface area contributed by atoms with E-state index in [1.54, 1.807) is 0 Å². The summed E-state index contributed by atoms with van der Waals surface area (Å²) in [6.45, 7) is 6.12. The van der Waals surface area contributed by atoms with Gasteiger partial charge in [-0.05, 0) is 97.6 Å². The van der Waals surface area contributed by atoms with Crippen LogP contribution in [0.3, 0.4) is 0 Å². The number of Topliss-reactive ketones (excluding diaryl/α,β-unsaturated/α-hetero) is 2. The zero-order chi connectivity index (χ0) is 26.2. The minimum atomic E-state index is 0.153. The van der Waals surface area contributed by atoms with Crippen LogP contribution in [0.15, 0.2) is 72.3 Å². The molecule has 1 fully saturated rings. The maximum Gasteiger partial charge on any atom is 0.161 e. The first kappa shape index (κ1) is 27.0. The standard InChI is InChI=1S/C35H42O2/c1-4-6-10-25(3)35(37)30-20-18-28(19-21-30)27(5-2)24-32(36)22-17-26-11-7-14-31(23-26)34-16-9-13-29-12-8-15-33(29)34/h4,6-14,16,23,27-28,30H,5,15,17-22,24H2,1-3H3. The molecule has 2 aromatic carbocycles. The minimum Gasteiger partial charge on any atom is -0.300 e. The summed E-state index contributed by atoms with van der Waals surface area (Å²) in [6, 6.07) is 15.3. The van der Waals surface area contributed by atoms with Crippen LogP contribution in [0, 0.1) is 17.8 Å². The summed E-state index contributed by atoms with van der Waals surface area (Å²) in [5.41, 5.74) is 7.38. The maximum absolute atomic E-state index is 13.0. The molecule has 194 valence electrons. The van der Waals surface area contributed by atoms with Crippen molar-refractivity contribution in [3.8, 4) is 11.1 Å². The lowest BCUT2D eigenvalue weighted by Gasteiger charge is -2.33. The Balaban J connectivity index is 1.29. The normalized spacial score (nSPS) is 20.2. The molecule has 1 atom stereocenters. The van der Waals surface area contributed by atoms with Gasteiger partial charge in [0, 0.05) is 18.8 Å². The van der Waals surface area contributed by atoms with Gasteiger partial charge in [-0.2, -0.15) is 0 Å². The smallest absolute Gasteiger partial charge is 0.161 e. The summed E-state index contributed by atoms with van der Waals surface area (Å²) in [5, 5.41) is 0. The monoisotopic (exact) mass is 494 g/mol. The van der Waals surface area contributed by atoms with Gasteiger partial charge in [0.15, 0.2) is 5.78 Å². The van der Waals surface area contributed by atoms with E-state index in [-0.39, 0.29) is 5.92 Å². The topological polar surface area (TPSA) is 34.1 Å². The molecule has 1 saturated carbocycles. The first-order valence-corrected chi connectivity index (χ1v) is 14.2. The number of hydrogen-bond acceptors (Lipinski definition) is 2. The van der Waals surface area contributed by atoms with E-state index in [9.17, 15) is 9.59 Å². The second-order valence-corrected chi connectivity index (χ2v) is 10.9. The number of hydrogen-bond donors (Lipinski definition) is 0. The lowest BCUT2D eigenvalue weighted by molar-refractivity contribution is -0.122. The number of benzene rings is 2. The number of ketones is 2. The Morgan fingerprint density at radius 3 is 2.59 bits per heavy atom. The second-order valence-electron chi connectivity index (χ2n) is 10.9. The van der Waals surface area contributed by atoms with Gasteiger partial charge in [0.05, 0.1) is 0 Å². The predicted octanol–water partition coefficient (Wildman–Crippen LogP) is 8.74. The second kappa shape index (κ2) is 13.0. The van der Waals surface area contributed by atoms with Crippen LogP contribution >= 0.6 is 0 Å². The van der Waals surface area contributed by atoms with Crippen molar-refractivity contribution >= 4 is 17.6 Å². The third-order valence-electron chi connectivity index (χ3n) is 8.51. The fourth-order valence-electron chi connectivity index (χ4n) is 6.28. The molecule has 1 unspecified atom stereocenters. The van der Waals surface area contributed by atoms with Gasteiger partial charge < -0.3 is 0 Å². The number of allylic oxidation sites excluding steroid dienone is 5. The van der Waals surface area contributed by atoms with Gasteiger partial charge >= 0.3 is 0 Å². The first-order valence-electron chi connectivity index (χ1n) is 14.2. The maximum atomic E-state index is 13.0. The molecule has 37 heavy (non-hydrogen) atoms. The van der Waals surface area contributed by atoms with Crippen LogP contribution in [0.25, 0.3) is 17.2 Å². The molecule has 0 saturated heterocycles. The molecular weight excluding hydrogens is 452 g/mol. The highest BCUT2D eigenvalue weighted by atomic mass is 16.1. The molecule has 2 aromatic rings. The van der Waals surface area contributed by atoms with Gasteiger partial charge in [0.2, 0.25) is 0 Å². The van der Waals surface area contributed by atoms with Gasteiger partial charge in [0.1, 0.15) is 5.78 Å². The third kappa shape index (κ3) is 6.86. The van der Waals surface area contributed by atoms with Gasteiger partial charge in [0.25, 0.3) is 0 Å². The molecule has 0 heterocycles. The Labute approximate surface area is 223 Å². The zero-order valence-corrected chi connectivity index (χ0v) is 22.8. The zero-order valence-electron chi connectivity index (χ0n) is 22.8. The number of carbonyl (C=O) groups is 2. The van der Waals surface area contributed by atoms with Gasteiger partial charge in [-0.15, -0.1) is 0 Å². The van der Waals surface area contributed by atoms with E-state index < -0.39 is 0 Å². The Morgan fingerprint density at radius 1 is 1.05 bits per heavy atom. The van der Waals surface area contributed by atoms with Gasteiger partial charge in [-0.3, -0.25) is 9.59 Å². The Kier molecular flexibility index (Phi) is 9.50. The van der Waals surface area contributed by atoms with Gasteiger partial charge in [-0.25, -0.2) is 0 Å². The lowest BCUT2D eigenvalue weighted by atomic mass is 9.71.